The van der Waals surface area contributed by atoms with E-state index in [2.05, 4.69) is 15.3 Å². The Bertz CT molecular complexity index is 827. The van der Waals surface area contributed by atoms with E-state index in [0.717, 1.165) is 37.1 Å². The maximum Gasteiger partial charge on any atom is 0.290 e. The van der Waals surface area contributed by atoms with Crippen molar-refractivity contribution in [2.45, 2.75) is 32.4 Å². The van der Waals surface area contributed by atoms with E-state index >= 15 is 0 Å². The topological polar surface area (TPSA) is 89.3 Å². The van der Waals surface area contributed by atoms with E-state index in [4.69, 9.17) is 4.74 Å². The fourth-order valence-corrected chi connectivity index (χ4v) is 3.56. The van der Waals surface area contributed by atoms with E-state index in [-0.39, 0.29) is 11.8 Å². The molecule has 2 aromatic rings. The lowest BCUT2D eigenvalue weighted by Crippen LogP contribution is -2.42. The van der Waals surface area contributed by atoms with E-state index in [1.165, 1.54) is 0 Å². The fraction of sp³-hybridized carbons (Fsp3) is 0.474. The Morgan fingerprint density at radius 1 is 1.19 bits per heavy atom. The standard InChI is InChI=1S/C19H23N5O3/c25-18(21-13-14-4-3-6-20-12-14)16-15-5-1-2-7-24(15)17(22-16)19(26)23-8-10-27-11-9-23/h3-4,6,12H,1-2,5,7-11,13H2,(H,21,25). The predicted molar refractivity (Wildman–Crippen MR) is 97.3 cm³/mol. The molecule has 4 rings (SSSR count). The van der Waals surface area contributed by atoms with Crippen LogP contribution < -0.4 is 5.32 Å². The molecule has 1 N–H and O–H groups in total. The third-order valence-corrected chi connectivity index (χ3v) is 5.00. The zero-order valence-corrected chi connectivity index (χ0v) is 15.2. The monoisotopic (exact) mass is 369 g/mol. The van der Waals surface area contributed by atoms with Crippen molar-refractivity contribution in [3.05, 3.63) is 47.3 Å². The first kappa shape index (κ1) is 17.7. The number of nitrogens with one attached hydrogen (secondary N) is 1. The van der Waals surface area contributed by atoms with Crippen molar-refractivity contribution in [1.82, 2.24) is 24.8 Å². The van der Waals surface area contributed by atoms with Gasteiger partial charge in [-0.25, -0.2) is 4.98 Å². The van der Waals surface area contributed by atoms with Crippen molar-refractivity contribution in [2.24, 2.45) is 0 Å². The van der Waals surface area contributed by atoms with Gasteiger partial charge >= 0.3 is 0 Å². The number of imidazole rings is 1. The van der Waals surface area contributed by atoms with Crippen LogP contribution in [0.1, 0.15) is 45.2 Å². The van der Waals surface area contributed by atoms with Gasteiger partial charge in [-0.2, -0.15) is 0 Å². The molecule has 4 heterocycles. The predicted octanol–water partition coefficient (Wildman–Crippen LogP) is 1.02. The summed E-state index contributed by atoms with van der Waals surface area (Å²) in [5.41, 5.74) is 2.15. The van der Waals surface area contributed by atoms with Crippen molar-refractivity contribution in [2.75, 3.05) is 26.3 Å². The minimum absolute atomic E-state index is 0.118. The second kappa shape index (κ2) is 7.87. The molecule has 8 nitrogen and oxygen atoms in total. The van der Waals surface area contributed by atoms with E-state index < -0.39 is 0 Å². The van der Waals surface area contributed by atoms with Crippen molar-refractivity contribution in [3.8, 4) is 0 Å². The highest BCUT2D eigenvalue weighted by Gasteiger charge is 2.30. The first-order valence-corrected chi connectivity index (χ1v) is 9.37. The van der Waals surface area contributed by atoms with Crippen LogP contribution in [0.5, 0.6) is 0 Å². The van der Waals surface area contributed by atoms with E-state index in [9.17, 15) is 9.59 Å². The second-order valence-corrected chi connectivity index (χ2v) is 6.79. The molecule has 0 unspecified atom stereocenters. The van der Waals surface area contributed by atoms with Gasteiger partial charge in [0.2, 0.25) is 0 Å². The van der Waals surface area contributed by atoms with Gasteiger partial charge in [-0.3, -0.25) is 14.6 Å². The van der Waals surface area contributed by atoms with Gasteiger partial charge < -0.3 is 19.5 Å². The Morgan fingerprint density at radius 3 is 2.81 bits per heavy atom. The van der Waals surface area contributed by atoms with E-state index in [1.807, 2.05) is 16.7 Å². The van der Waals surface area contributed by atoms with Gasteiger partial charge in [-0.1, -0.05) is 6.07 Å². The number of carbonyl (C=O) groups excluding carboxylic acids is 2. The maximum atomic E-state index is 12.9. The molecule has 0 atom stereocenters. The quantitative estimate of drug-likeness (QED) is 0.869. The molecule has 0 saturated carbocycles. The first-order valence-electron chi connectivity index (χ1n) is 9.37. The summed E-state index contributed by atoms with van der Waals surface area (Å²) in [6.45, 7) is 3.30. The highest BCUT2D eigenvalue weighted by atomic mass is 16.5. The summed E-state index contributed by atoms with van der Waals surface area (Å²) < 4.78 is 7.26. The van der Waals surface area contributed by atoms with Crippen LogP contribution in [0.25, 0.3) is 0 Å². The fourth-order valence-electron chi connectivity index (χ4n) is 3.56. The summed E-state index contributed by atoms with van der Waals surface area (Å²) in [4.78, 5) is 36.0. The van der Waals surface area contributed by atoms with Crippen LogP contribution in [-0.2, 0) is 24.2 Å². The average molecular weight is 369 g/mol. The Kier molecular flexibility index (Phi) is 5.15. The molecule has 2 aliphatic heterocycles. The van der Waals surface area contributed by atoms with Gasteiger partial charge in [0.1, 0.15) is 5.69 Å². The summed E-state index contributed by atoms with van der Waals surface area (Å²) in [6.07, 6.45) is 6.17. The van der Waals surface area contributed by atoms with Gasteiger partial charge in [-0.05, 0) is 30.9 Å². The summed E-state index contributed by atoms with van der Waals surface area (Å²) in [7, 11) is 0. The smallest absolute Gasteiger partial charge is 0.290 e. The third-order valence-electron chi connectivity index (χ3n) is 5.00. The van der Waals surface area contributed by atoms with Crippen LogP contribution in [0.3, 0.4) is 0 Å². The number of rotatable bonds is 4. The van der Waals surface area contributed by atoms with Crippen molar-refractivity contribution < 1.29 is 14.3 Å². The van der Waals surface area contributed by atoms with Crippen LogP contribution in [0.4, 0.5) is 0 Å². The molecule has 0 aliphatic carbocycles. The van der Waals surface area contributed by atoms with Gasteiger partial charge in [-0.15, -0.1) is 0 Å². The molecule has 1 fully saturated rings. The Hall–Kier alpha value is -2.74. The number of ether oxygens (including phenoxy) is 1. The molecule has 8 heteroatoms. The zero-order valence-electron chi connectivity index (χ0n) is 15.2. The third kappa shape index (κ3) is 3.71. The van der Waals surface area contributed by atoms with E-state index in [0.29, 0.717) is 44.4 Å². The lowest BCUT2D eigenvalue weighted by Gasteiger charge is -2.27. The number of carbonyl (C=O) groups is 2. The Labute approximate surface area is 157 Å². The summed E-state index contributed by atoms with van der Waals surface area (Å²) in [5.74, 6) is 0.0106. The SMILES string of the molecule is O=C(NCc1cccnc1)c1nc(C(=O)N2CCOCC2)n2c1CCCC2. The van der Waals surface area contributed by atoms with Crippen LogP contribution >= 0.6 is 0 Å². The highest BCUT2D eigenvalue weighted by Crippen LogP contribution is 2.22. The maximum absolute atomic E-state index is 12.9. The minimum atomic E-state index is -0.245. The summed E-state index contributed by atoms with van der Waals surface area (Å²) in [6, 6.07) is 3.74. The number of amides is 2. The Morgan fingerprint density at radius 2 is 2.04 bits per heavy atom. The van der Waals surface area contributed by atoms with Gasteiger partial charge in [0.05, 0.1) is 18.9 Å². The molecule has 27 heavy (non-hydrogen) atoms. The van der Waals surface area contributed by atoms with E-state index in [1.54, 1.807) is 17.3 Å². The molecular weight excluding hydrogens is 346 g/mol. The molecule has 2 aromatic heterocycles. The first-order chi connectivity index (χ1) is 13.2. The van der Waals surface area contributed by atoms with Crippen molar-refractivity contribution >= 4 is 11.8 Å². The summed E-state index contributed by atoms with van der Waals surface area (Å²) in [5, 5.41) is 2.90. The van der Waals surface area contributed by atoms with Crippen LogP contribution in [0.2, 0.25) is 0 Å². The number of morpholine rings is 1. The van der Waals surface area contributed by atoms with Crippen LogP contribution in [0, 0.1) is 0 Å². The largest absolute Gasteiger partial charge is 0.378 e. The van der Waals surface area contributed by atoms with Gasteiger partial charge in [0, 0.05) is 38.6 Å². The molecule has 142 valence electrons. The lowest BCUT2D eigenvalue weighted by atomic mass is 10.1. The number of hydrogen-bond acceptors (Lipinski definition) is 5. The Balaban J connectivity index is 1.56. The zero-order chi connectivity index (χ0) is 18.6. The highest BCUT2D eigenvalue weighted by molar-refractivity contribution is 5.97. The number of fused-ring (bicyclic) bond motifs is 1. The average Bonchev–Trinajstić information content (AvgIpc) is 3.13. The van der Waals surface area contributed by atoms with Gasteiger partial charge in [0.15, 0.2) is 5.82 Å². The minimum Gasteiger partial charge on any atom is -0.378 e. The normalized spacial score (nSPS) is 16.7. The second-order valence-electron chi connectivity index (χ2n) is 6.79. The number of hydrogen-bond donors (Lipinski definition) is 1. The number of aromatic nitrogens is 3. The van der Waals surface area contributed by atoms with Crippen LogP contribution in [0.15, 0.2) is 24.5 Å². The number of pyridine rings is 1. The molecule has 0 bridgehead atoms. The van der Waals surface area contributed by atoms with Crippen LogP contribution in [-0.4, -0.2) is 57.6 Å². The molecule has 0 aromatic carbocycles. The summed E-state index contributed by atoms with van der Waals surface area (Å²) >= 11 is 0. The van der Waals surface area contributed by atoms with Crippen molar-refractivity contribution in [1.29, 1.82) is 0 Å². The lowest BCUT2D eigenvalue weighted by molar-refractivity contribution is 0.0291. The molecule has 0 radical (unpaired) electrons. The molecule has 1 saturated heterocycles. The number of nitrogens with zero attached hydrogens (tertiary/aromatic N) is 4. The van der Waals surface area contributed by atoms with Crippen molar-refractivity contribution in [3.63, 3.8) is 0 Å². The van der Waals surface area contributed by atoms with Gasteiger partial charge in [0.25, 0.3) is 11.8 Å². The molecule has 2 aliphatic rings. The molecule has 2 amide bonds. The molecular formula is C19H23N5O3. The molecule has 0 spiro atoms.